The summed E-state index contributed by atoms with van der Waals surface area (Å²) >= 11 is 0. The topological polar surface area (TPSA) is 88.5 Å². The zero-order chi connectivity index (χ0) is 23.8. The Morgan fingerprint density at radius 2 is 1.76 bits per heavy atom. The van der Waals surface area contributed by atoms with Crippen LogP contribution in [0.1, 0.15) is 54.6 Å². The largest absolute Gasteiger partial charge is 0.496 e. The van der Waals surface area contributed by atoms with Crippen LogP contribution in [0.3, 0.4) is 0 Å². The molecule has 1 atom stereocenters. The van der Waals surface area contributed by atoms with Crippen molar-refractivity contribution in [1.29, 1.82) is 0 Å². The van der Waals surface area contributed by atoms with Crippen LogP contribution in [0.2, 0.25) is 0 Å². The molecule has 1 fully saturated rings. The Kier molecular flexibility index (Phi) is 6.29. The monoisotopic (exact) mass is 466 g/mol. The normalized spacial score (nSPS) is 18.9. The fourth-order valence-corrected chi connectivity index (χ4v) is 5.10. The number of aliphatic hydroxyl groups is 1. The molecule has 2 aromatic rings. The van der Waals surface area contributed by atoms with Crippen molar-refractivity contribution in [2.75, 3.05) is 46.4 Å². The van der Waals surface area contributed by atoms with Gasteiger partial charge in [0, 0.05) is 50.4 Å². The minimum absolute atomic E-state index is 0.219. The standard InChI is InChI=1S/C26H30N2O6/c1-16-17(3-4-20-21(16)15-34-25(20)30)5-6-27-7-9-28(10-8-27)13-22(29)18-11-19-14-33-26(31)24(19)23(12-18)32-2/h3-4,11-12,22,29H,5-10,13-15H2,1-2H3. The van der Waals surface area contributed by atoms with Crippen molar-refractivity contribution in [2.45, 2.75) is 32.7 Å². The van der Waals surface area contributed by atoms with E-state index in [1.54, 1.807) is 6.07 Å². The highest BCUT2D eigenvalue weighted by Gasteiger charge is 2.29. The number of cyclic esters (lactones) is 2. The number of benzene rings is 2. The number of fused-ring (bicyclic) bond motifs is 2. The van der Waals surface area contributed by atoms with Crippen molar-refractivity contribution in [2.24, 2.45) is 0 Å². The van der Waals surface area contributed by atoms with Crippen LogP contribution < -0.4 is 4.74 Å². The number of esters is 2. The van der Waals surface area contributed by atoms with Crippen LogP contribution in [0, 0.1) is 6.92 Å². The summed E-state index contributed by atoms with van der Waals surface area (Å²) in [6.45, 7) is 7.81. The molecule has 3 aliphatic heterocycles. The third-order valence-corrected chi connectivity index (χ3v) is 7.25. The molecule has 2 aromatic carbocycles. The van der Waals surface area contributed by atoms with E-state index in [0.717, 1.165) is 55.8 Å². The molecule has 0 aromatic heterocycles. The molecule has 1 saturated heterocycles. The first-order chi connectivity index (χ1) is 16.4. The predicted octanol–water partition coefficient (Wildman–Crippen LogP) is 2.24. The van der Waals surface area contributed by atoms with Gasteiger partial charge in [-0.2, -0.15) is 0 Å². The molecule has 3 heterocycles. The van der Waals surface area contributed by atoms with Crippen molar-refractivity contribution < 1.29 is 28.9 Å². The van der Waals surface area contributed by atoms with E-state index in [1.165, 1.54) is 18.2 Å². The van der Waals surface area contributed by atoms with Crippen LogP contribution in [0.4, 0.5) is 0 Å². The maximum absolute atomic E-state index is 11.9. The number of carbonyl (C=O) groups excluding carboxylic acids is 2. The van der Waals surface area contributed by atoms with Crippen molar-refractivity contribution in [3.8, 4) is 5.75 Å². The van der Waals surface area contributed by atoms with Crippen LogP contribution in [0.5, 0.6) is 5.75 Å². The second-order valence-electron chi connectivity index (χ2n) is 9.19. The van der Waals surface area contributed by atoms with E-state index in [1.807, 2.05) is 12.1 Å². The van der Waals surface area contributed by atoms with Crippen molar-refractivity contribution in [3.05, 3.63) is 63.2 Å². The van der Waals surface area contributed by atoms with E-state index in [-0.39, 0.29) is 18.5 Å². The van der Waals surface area contributed by atoms with Gasteiger partial charge in [-0.15, -0.1) is 0 Å². The van der Waals surface area contributed by atoms with Gasteiger partial charge in [-0.3, -0.25) is 4.90 Å². The van der Waals surface area contributed by atoms with Gasteiger partial charge >= 0.3 is 11.9 Å². The highest BCUT2D eigenvalue weighted by molar-refractivity contribution is 5.96. The molecule has 3 aliphatic rings. The molecule has 0 radical (unpaired) electrons. The predicted molar refractivity (Wildman–Crippen MR) is 124 cm³/mol. The average Bonchev–Trinajstić information content (AvgIpc) is 3.42. The summed E-state index contributed by atoms with van der Waals surface area (Å²) in [6.07, 6.45) is 0.270. The van der Waals surface area contributed by atoms with Gasteiger partial charge in [0.1, 0.15) is 24.5 Å². The molecule has 0 amide bonds. The molecule has 0 spiro atoms. The number of rotatable bonds is 7. The van der Waals surface area contributed by atoms with Gasteiger partial charge in [0.25, 0.3) is 0 Å². The number of ether oxygens (including phenoxy) is 3. The molecule has 1 unspecified atom stereocenters. The van der Waals surface area contributed by atoms with Crippen LogP contribution in [-0.4, -0.2) is 73.2 Å². The van der Waals surface area contributed by atoms with Crippen LogP contribution in [0.25, 0.3) is 0 Å². The Balaban J connectivity index is 1.14. The van der Waals surface area contributed by atoms with E-state index in [4.69, 9.17) is 14.2 Å². The average molecular weight is 467 g/mol. The van der Waals surface area contributed by atoms with E-state index in [0.29, 0.717) is 30.0 Å². The van der Waals surface area contributed by atoms with Crippen LogP contribution in [-0.2, 0) is 29.1 Å². The Hall–Kier alpha value is -2.94. The molecule has 8 nitrogen and oxygen atoms in total. The molecule has 5 rings (SSSR count). The molecule has 0 aliphatic carbocycles. The van der Waals surface area contributed by atoms with Gasteiger partial charge in [-0.05, 0) is 48.2 Å². The maximum atomic E-state index is 11.9. The van der Waals surface area contributed by atoms with E-state index in [2.05, 4.69) is 22.8 Å². The smallest absolute Gasteiger partial charge is 0.342 e. The number of methoxy groups -OCH3 is 1. The maximum Gasteiger partial charge on any atom is 0.342 e. The number of piperazine rings is 1. The molecule has 0 bridgehead atoms. The Morgan fingerprint density at radius 3 is 2.53 bits per heavy atom. The van der Waals surface area contributed by atoms with Crippen molar-refractivity contribution in [3.63, 3.8) is 0 Å². The van der Waals surface area contributed by atoms with Gasteiger partial charge in [-0.25, -0.2) is 9.59 Å². The fourth-order valence-electron chi connectivity index (χ4n) is 5.10. The first kappa shape index (κ1) is 22.8. The lowest BCUT2D eigenvalue weighted by atomic mass is 9.96. The number of hydrogen-bond donors (Lipinski definition) is 1. The van der Waals surface area contributed by atoms with E-state index < -0.39 is 6.10 Å². The van der Waals surface area contributed by atoms with Gasteiger partial charge < -0.3 is 24.2 Å². The van der Waals surface area contributed by atoms with Gasteiger partial charge in [0.2, 0.25) is 0 Å². The van der Waals surface area contributed by atoms with Crippen LogP contribution in [0.15, 0.2) is 24.3 Å². The molecular weight excluding hydrogens is 436 g/mol. The van der Waals surface area contributed by atoms with Crippen molar-refractivity contribution in [1.82, 2.24) is 9.80 Å². The third kappa shape index (κ3) is 4.29. The molecule has 8 heteroatoms. The minimum atomic E-state index is -0.666. The summed E-state index contributed by atoms with van der Waals surface area (Å²) in [5.41, 5.74) is 6.13. The Labute approximate surface area is 199 Å². The second-order valence-corrected chi connectivity index (χ2v) is 9.19. The van der Waals surface area contributed by atoms with Gasteiger partial charge in [-0.1, -0.05) is 6.07 Å². The lowest BCUT2D eigenvalue weighted by Gasteiger charge is -2.35. The zero-order valence-electron chi connectivity index (χ0n) is 19.6. The van der Waals surface area contributed by atoms with Crippen LogP contribution >= 0.6 is 0 Å². The SMILES string of the molecule is COc1cc(C(O)CN2CCN(CCc3ccc4c(c3C)COC4=O)CC2)cc2c1C(=O)OC2. The van der Waals surface area contributed by atoms with Gasteiger partial charge in [0.15, 0.2) is 0 Å². The summed E-state index contributed by atoms with van der Waals surface area (Å²) in [5.74, 6) is -0.138. The summed E-state index contributed by atoms with van der Waals surface area (Å²) in [7, 11) is 1.52. The minimum Gasteiger partial charge on any atom is -0.496 e. The number of nitrogens with zero attached hydrogens (tertiary/aromatic N) is 2. The lowest BCUT2D eigenvalue weighted by molar-refractivity contribution is 0.0524. The summed E-state index contributed by atoms with van der Waals surface area (Å²) in [4.78, 5) is 28.4. The first-order valence-corrected chi connectivity index (χ1v) is 11.7. The number of carbonyl (C=O) groups is 2. The van der Waals surface area contributed by atoms with Crippen molar-refractivity contribution >= 4 is 11.9 Å². The third-order valence-electron chi connectivity index (χ3n) is 7.25. The molecule has 1 N–H and O–H groups in total. The number of β-amino-alcohol motifs (C(OH)–C–C–N with tert-alkyl or cyclic N) is 1. The number of aliphatic hydroxyl groups excluding tert-OH is 1. The number of hydrogen-bond acceptors (Lipinski definition) is 8. The highest BCUT2D eigenvalue weighted by atomic mass is 16.5. The first-order valence-electron chi connectivity index (χ1n) is 11.7. The quantitative estimate of drug-likeness (QED) is 0.622. The summed E-state index contributed by atoms with van der Waals surface area (Å²) < 4.78 is 15.6. The highest BCUT2D eigenvalue weighted by Crippen LogP contribution is 2.33. The summed E-state index contributed by atoms with van der Waals surface area (Å²) in [5, 5.41) is 10.9. The summed E-state index contributed by atoms with van der Waals surface area (Å²) in [6, 6.07) is 7.53. The van der Waals surface area contributed by atoms with E-state index >= 15 is 0 Å². The second kappa shape index (κ2) is 9.37. The van der Waals surface area contributed by atoms with Gasteiger partial charge in [0.05, 0.1) is 18.8 Å². The Morgan fingerprint density at radius 1 is 1.03 bits per heavy atom. The lowest BCUT2D eigenvalue weighted by Crippen LogP contribution is -2.48. The molecular formula is C26H30N2O6. The fraction of sp³-hybridized carbons (Fsp3) is 0.462. The Bertz CT molecular complexity index is 1120. The molecule has 34 heavy (non-hydrogen) atoms. The zero-order valence-corrected chi connectivity index (χ0v) is 19.6. The van der Waals surface area contributed by atoms with E-state index in [9.17, 15) is 14.7 Å². The molecule has 180 valence electrons. The molecule has 0 saturated carbocycles.